The van der Waals surface area contributed by atoms with Gasteiger partial charge in [-0.2, -0.15) is 21.6 Å². The molecule has 0 fully saturated rings. The second kappa shape index (κ2) is 8.18. The van der Waals surface area contributed by atoms with Crippen LogP contribution in [0.15, 0.2) is 103 Å². The smallest absolute Gasteiger partial charge is 0.375 e. The molecule has 5 rings (SSSR count). The number of benzene rings is 5. The van der Waals surface area contributed by atoms with Crippen LogP contribution in [-0.4, -0.2) is 13.9 Å². The summed E-state index contributed by atoms with van der Waals surface area (Å²) in [5.74, 6) is -0.378. The van der Waals surface area contributed by atoms with Crippen molar-refractivity contribution in [2.45, 2.75) is 5.51 Å². The van der Waals surface area contributed by atoms with Crippen molar-refractivity contribution in [2.75, 3.05) is 0 Å². The second-order valence-corrected chi connectivity index (χ2v) is 9.29. The maximum Gasteiger partial charge on any atom is 0.534 e. The van der Waals surface area contributed by atoms with Crippen LogP contribution in [-0.2, 0) is 10.1 Å². The third kappa shape index (κ3) is 3.88. The monoisotopic (exact) mass is 478 g/mol. The van der Waals surface area contributed by atoms with Gasteiger partial charge in [-0.25, -0.2) is 0 Å². The van der Waals surface area contributed by atoms with Gasteiger partial charge in [-0.15, -0.1) is 0 Å². The van der Waals surface area contributed by atoms with Crippen LogP contribution in [0.4, 0.5) is 13.2 Å². The Bertz CT molecular complexity index is 1630. The molecule has 0 atom stereocenters. The SMILES string of the molecule is O=S(=O)(Oc1cc(-c2ccccc2)c(-c2ccc3ccccc3c2)c2ccccc12)C(F)(F)F. The summed E-state index contributed by atoms with van der Waals surface area (Å²) in [7, 11) is -5.85. The van der Waals surface area contributed by atoms with E-state index in [-0.39, 0.29) is 11.1 Å². The Kier molecular flexibility index (Phi) is 5.29. The molecule has 0 radical (unpaired) electrons. The molecule has 0 aliphatic heterocycles. The molecule has 0 aromatic heterocycles. The third-order valence-corrected chi connectivity index (χ3v) is 6.58. The quantitative estimate of drug-likeness (QED) is 0.198. The van der Waals surface area contributed by atoms with E-state index in [1.165, 1.54) is 6.07 Å². The molecule has 0 saturated heterocycles. The number of alkyl halides is 3. The average Bonchev–Trinajstić information content (AvgIpc) is 2.83. The van der Waals surface area contributed by atoms with E-state index in [0.29, 0.717) is 16.5 Å². The van der Waals surface area contributed by atoms with Crippen LogP contribution in [0, 0.1) is 0 Å². The van der Waals surface area contributed by atoms with Crippen LogP contribution in [0.3, 0.4) is 0 Å². The highest BCUT2D eigenvalue weighted by atomic mass is 32.2. The first-order valence-corrected chi connectivity index (χ1v) is 11.8. The zero-order chi connectivity index (χ0) is 23.9. The molecule has 0 aliphatic carbocycles. The zero-order valence-electron chi connectivity index (χ0n) is 17.6. The van der Waals surface area contributed by atoms with Crippen LogP contribution in [0.5, 0.6) is 5.75 Å². The Balaban J connectivity index is 1.85. The molecule has 170 valence electrons. The van der Waals surface area contributed by atoms with Crippen LogP contribution < -0.4 is 4.18 Å². The highest BCUT2D eigenvalue weighted by Crippen LogP contribution is 2.44. The lowest BCUT2D eigenvalue weighted by atomic mass is 9.88. The van der Waals surface area contributed by atoms with Crippen molar-refractivity contribution in [3.05, 3.63) is 103 Å². The van der Waals surface area contributed by atoms with Gasteiger partial charge in [0.15, 0.2) is 5.75 Å². The van der Waals surface area contributed by atoms with Crippen LogP contribution >= 0.6 is 0 Å². The van der Waals surface area contributed by atoms with Crippen molar-refractivity contribution in [3.63, 3.8) is 0 Å². The van der Waals surface area contributed by atoms with Crippen LogP contribution in [0.2, 0.25) is 0 Å². The summed E-state index contributed by atoms with van der Waals surface area (Å²) in [4.78, 5) is 0. The molecule has 5 aromatic rings. The minimum atomic E-state index is -5.85. The Morgan fingerprint density at radius 2 is 1.24 bits per heavy atom. The summed E-state index contributed by atoms with van der Waals surface area (Å²) in [5, 5.41) is 2.89. The lowest BCUT2D eigenvalue weighted by molar-refractivity contribution is -0.0499. The van der Waals surface area contributed by atoms with Crippen molar-refractivity contribution in [1.29, 1.82) is 0 Å². The zero-order valence-corrected chi connectivity index (χ0v) is 18.4. The predicted molar refractivity (Wildman–Crippen MR) is 128 cm³/mol. The highest BCUT2D eigenvalue weighted by molar-refractivity contribution is 7.88. The Hall–Kier alpha value is -3.84. The van der Waals surface area contributed by atoms with E-state index in [0.717, 1.165) is 21.9 Å². The molecule has 0 amide bonds. The topological polar surface area (TPSA) is 43.4 Å². The van der Waals surface area contributed by atoms with Gasteiger partial charge in [0, 0.05) is 5.39 Å². The van der Waals surface area contributed by atoms with Gasteiger partial charge in [-0.3, -0.25) is 0 Å². The van der Waals surface area contributed by atoms with Crippen molar-refractivity contribution in [1.82, 2.24) is 0 Å². The van der Waals surface area contributed by atoms with Crippen molar-refractivity contribution in [2.24, 2.45) is 0 Å². The molecule has 3 nitrogen and oxygen atoms in total. The standard InChI is InChI=1S/C27H17F3O3S/c28-27(29,30)34(31,32)33-25-17-24(19-9-2-1-3-10-19)26(23-13-7-6-12-22(23)25)21-15-14-18-8-4-5-11-20(18)16-21/h1-17H. The maximum absolute atomic E-state index is 13.1. The van der Waals surface area contributed by atoms with Gasteiger partial charge in [-0.05, 0) is 50.5 Å². The number of rotatable bonds is 4. The van der Waals surface area contributed by atoms with Gasteiger partial charge in [-0.1, -0.05) is 91.0 Å². The first kappa shape index (κ1) is 22.0. The fraction of sp³-hybridized carbons (Fsp3) is 0.0370. The maximum atomic E-state index is 13.1. The van der Waals surface area contributed by atoms with E-state index in [1.54, 1.807) is 24.3 Å². The van der Waals surface area contributed by atoms with E-state index in [1.807, 2.05) is 72.8 Å². The van der Waals surface area contributed by atoms with Gasteiger partial charge in [0.05, 0.1) is 0 Å². The molecule has 0 unspecified atom stereocenters. The Morgan fingerprint density at radius 1 is 0.618 bits per heavy atom. The first-order chi connectivity index (χ1) is 16.2. The summed E-state index contributed by atoms with van der Waals surface area (Å²) in [6.45, 7) is 0. The molecular weight excluding hydrogens is 461 g/mol. The number of fused-ring (bicyclic) bond motifs is 2. The first-order valence-electron chi connectivity index (χ1n) is 10.4. The van der Waals surface area contributed by atoms with E-state index in [9.17, 15) is 21.6 Å². The summed E-state index contributed by atoms with van der Waals surface area (Å²) in [5.41, 5.74) is -2.66. The molecule has 0 spiro atoms. The molecule has 0 aliphatic rings. The third-order valence-electron chi connectivity index (χ3n) is 5.61. The van der Waals surface area contributed by atoms with Gasteiger partial charge in [0.25, 0.3) is 0 Å². The van der Waals surface area contributed by atoms with E-state index >= 15 is 0 Å². The highest BCUT2D eigenvalue weighted by Gasteiger charge is 2.48. The Morgan fingerprint density at radius 3 is 1.94 bits per heavy atom. The number of hydrogen-bond acceptors (Lipinski definition) is 3. The van der Waals surface area contributed by atoms with Gasteiger partial charge in [0.2, 0.25) is 0 Å². The lowest BCUT2D eigenvalue weighted by Crippen LogP contribution is -2.28. The van der Waals surface area contributed by atoms with Gasteiger partial charge >= 0.3 is 15.6 Å². The van der Waals surface area contributed by atoms with Crippen molar-refractivity contribution >= 4 is 31.7 Å². The molecule has 0 N–H and O–H groups in total. The molecule has 0 heterocycles. The molecule has 34 heavy (non-hydrogen) atoms. The summed E-state index contributed by atoms with van der Waals surface area (Å²) in [6, 6.07) is 30.9. The molecule has 0 saturated carbocycles. The van der Waals surface area contributed by atoms with Crippen molar-refractivity contribution in [3.8, 4) is 28.0 Å². The largest absolute Gasteiger partial charge is 0.534 e. The lowest BCUT2D eigenvalue weighted by Gasteiger charge is -2.18. The van der Waals surface area contributed by atoms with Crippen molar-refractivity contribution < 1.29 is 25.8 Å². The summed E-state index contributed by atoms with van der Waals surface area (Å²) < 4.78 is 67.8. The van der Waals surface area contributed by atoms with Crippen LogP contribution in [0.25, 0.3) is 43.8 Å². The van der Waals surface area contributed by atoms with E-state index in [2.05, 4.69) is 4.18 Å². The molecule has 5 aromatic carbocycles. The fourth-order valence-electron chi connectivity index (χ4n) is 4.08. The van der Waals surface area contributed by atoms with Crippen LogP contribution in [0.1, 0.15) is 0 Å². The molecular formula is C27H17F3O3S. The Labute approximate surface area is 194 Å². The molecule has 7 heteroatoms. The molecule has 0 bridgehead atoms. The number of hydrogen-bond donors (Lipinski definition) is 0. The normalized spacial score (nSPS) is 12.2. The minimum Gasteiger partial charge on any atom is -0.375 e. The van der Waals surface area contributed by atoms with E-state index in [4.69, 9.17) is 0 Å². The van der Waals surface area contributed by atoms with E-state index < -0.39 is 15.6 Å². The second-order valence-electron chi connectivity index (χ2n) is 7.75. The minimum absolute atomic E-state index is 0.262. The fourth-order valence-corrected chi connectivity index (χ4v) is 4.55. The number of halogens is 3. The summed E-state index contributed by atoms with van der Waals surface area (Å²) >= 11 is 0. The predicted octanol–water partition coefficient (Wildman–Crippen LogP) is 7.56. The average molecular weight is 478 g/mol. The summed E-state index contributed by atoms with van der Waals surface area (Å²) in [6.07, 6.45) is 0. The van der Waals surface area contributed by atoms with Gasteiger partial charge in [0.1, 0.15) is 0 Å². The van der Waals surface area contributed by atoms with Gasteiger partial charge < -0.3 is 4.18 Å².